The molecule has 7 heteroatoms. The summed E-state index contributed by atoms with van der Waals surface area (Å²) in [5.74, 6) is 0.455. The number of halogens is 1. The van der Waals surface area contributed by atoms with Gasteiger partial charge in [-0.15, -0.1) is 5.06 Å². The molecule has 0 radical (unpaired) electrons. The molecule has 0 atom stereocenters. The molecule has 1 amide bonds. The van der Waals surface area contributed by atoms with Gasteiger partial charge in [0.15, 0.2) is 11.7 Å². The summed E-state index contributed by atoms with van der Waals surface area (Å²) < 4.78 is 2.07. The average molecular weight is 395 g/mol. The van der Waals surface area contributed by atoms with Crippen LogP contribution in [-0.2, 0) is 9.63 Å². The molecule has 1 N–H and O–H groups in total. The maximum atomic E-state index is 12.5. The number of nitrogens with one attached hydrogen (secondary N) is 1. The second kappa shape index (κ2) is 6.49. The number of hydroxylamine groups is 2. The van der Waals surface area contributed by atoms with Gasteiger partial charge in [-0.25, -0.2) is 0 Å². The molecule has 3 heterocycles. The van der Waals surface area contributed by atoms with E-state index in [1.807, 2.05) is 45.0 Å². The molecule has 0 aliphatic carbocycles. The molecule has 6 nitrogen and oxygen atoms in total. The fourth-order valence-electron chi connectivity index (χ4n) is 3.41. The van der Waals surface area contributed by atoms with Gasteiger partial charge >= 0.3 is 0 Å². The van der Waals surface area contributed by atoms with E-state index in [1.54, 1.807) is 19.1 Å². The quantitative estimate of drug-likeness (QED) is 0.762. The van der Waals surface area contributed by atoms with Crippen molar-refractivity contribution in [2.75, 3.05) is 0 Å². The summed E-state index contributed by atoms with van der Waals surface area (Å²) >= 11 is 6.30. The third-order valence-electron chi connectivity index (χ3n) is 4.86. The summed E-state index contributed by atoms with van der Waals surface area (Å²) in [5.41, 5.74) is 4.93. The highest BCUT2D eigenvalue weighted by Crippen LogP contribution is 2.28. The molecule has 1 aromatic heterocycles. The van der Waals surface area contributed by atoms with Crippen LogP contribution in [0.15, 0.2) is 46.7 Å². The largest absolute Gasteiger partial charge is 0.376 e. The second-order valence-electron chi connectivity index (χ2n) is 6.92. The van der Waals surface area contributed by atoms with E-state index in [-0.39, 0.29) is 11.4 Å². The van der Waals surface area contributed by atoms with Crippen LogP contribution >= 0.6 is 11.6 Å². The lowest BCUT2D eigenvalue weighted by Crippen LogP contribution is -2.38. The average Bonchev–Trinajstić information content (AvgIpc) is 3.13. The predicted molar refractivity (Wildman–Crippen MR) is 110 cm³/mol. The van der Waals surface area contributed by atoms with Gasteiger partial charge in [-0.05, 0) is 63.1 Å². The van der Waals surface area contributed by atoms with Crippen molar-refractivity contribution in [1.29, 1.82) is 5.41 Å². The Balaban J connectivity index is 1.76. The normalized spacial score (nSPS) is 17.6. The van der Waals surface area contributed by atoms with E-state index in [2.05, 4.69) is 9.56 Å². The summed E-state index contributed by atoms with van der Waals surface area (Å²) in [6, 6.07) is 7.88. The molecule has 0 saturated carbocycles. The minimum absolute atomic E-state index is 0.0220. The molecule has 28 heavy (non-hydrogen) atoms. The molecule has 2 aromatic rings. The summed E-state index contributed by atoms with van der Waals surface area (Å²) in [5, 5.41) is 10.3. The molecule has 2 aliphatic heterocycles. The first kappa shape index (κ1) is 18.3. The van der Waals surface area contributed by atoms with Crippen LogP contribution in [0.2, 0.25) is 5.02 Å². The standard InChI is InChI=1S/C21H19ClN4O2/c1-11-5-6-16(10-18(11)22)25-12(2)7-15(14(25)4)9-17-20(23)26-19(24-21(17)27)8-13(3)28-26/h5-10,23H,1-4H3/b17-9-,23-20?. The van der Waals surface area contributed by atoms with Gasteiger partial charge in [0.25, 0.3) is 5.91 Å². The molecule has 0 spiro atoms. The van der Waals surface area contributed by atoms with Crippen molar-refractivity contribution in [3.05, 3.63) is 69.2 Å². The zero-order valence-electron chi connectivity index (χ0n) is 16.0. The van der Waals surface area contributed by atoms with E-state index in [1.165, 1.54) is 5.06 Å². The molecular formula is C21H19ClN4O2. The van der Waals surface area contributed by atoms with Gasteiger partial charge in [-0.1, -0.05) is 17.7 Å². The monoisotopic (exact) mass is 394 g/mol. The van der Waals surface area contributed by atoms with Crippen LogP contribution < -0.4 is 0 Å². The van der Waals surface area contributed by atoms with Crippen LogP contribution in [0.5, 0.6) is 0 Å². The third kappa shape index (κ3) is 2.86. The summed E-state index contributed by atoms with van der Waals surface area (Å²) in [6.45, 7) is 7.67. The van der Waals surface area contributed by atoms with Gasteiger partial charge in [-0.3, -0.25) is 10.2 Å². The van der Waals surface area contributed by atoms with E-state index in [0.29, 0.717) is 16.6 Å². The van der Waals surface area contributed by atoms with Crippen LogP contribution in [0, 0.1) is 26.2 Å². The Morgan fingerprint density at radius 3 is 2.64 bits per heavy atom. The number of benzene rings is 1. The van der Waals surface area contributed by atoms with Crippen molar-refractivity contribution in [1.82, 2.24) is 9.63 Å². The number of aryl methyl sites for hydroxylation is 2. The highest BCUT2D eigenvalue weighted by Gasteiger charge is 2.34. The van der Waals surface area contributed by atoms with Crippen LogP contribution in [0.1, 0.15) is 29.4 Å². The number of amidine groups is 2. The SMILES string of the molecule is CC1=CC2=NC(=O)/C(=C\c3cc(C)n(-c4ccc(C)c(Cl)c4)c3C)C(=N)N2O1. The fraction of sp³-hybridized carbons (Fsp3) is 0.190. The lowest BCUT2D eigenvalue weighted by atomic mass is 10.1. The van der Waals surface area contributed by atoms with E-state index in [4.69, 9.17) is 21.8 Å². The first-order chi connectivity index (χ1) is 13.3. The third-order valence-corrected chi connectivity index (χ3v) is 5.27. The first-order valence-corrected chi connectivity index (χ1v) is 9.19. The van der Waals surface area contributed by atoms with Crippen molar-refractivity contribution in [3.8, 4) is 5.69 Å². The minimum Gasteiger partial charge on any atom is -0.376 e. The topological polar surface area (TPSA) is 70.7 Å². The Kier molecular flexibility index (Phi) is 4.23. The van der Waals surface area contributed by atoms with Crippen molar-refractivity contribution < 1.29 is 9.63 Å². The van der Waals surface area contributed by atoms with Gasteiger partial charge in [-0.2, -0.15) is 4.99 Å². The van der Waals surface area contributed by atoms with Gasteiger partial charge in [0.05, 0.1) is 5.57 Å². The number of nitrogens with zero attached hydrogens (tertiary/aromatic N) is 3. The molecule has 0 fully saturated rings. The number of amides is 1. The fourth-order valence-corrected chi connectivity index (χ4v) is 3.58. The second-order valence-corrected chi connectivity index (χ2v) is 7.32. The van der Waals surface area contributed by atoms with Crippen LogP contribution in [-0.4, -0.2) is 27.2 Å². The van der Waals surface area contributed by atoms with Crippen molar-refractivity contribution in [2.24, 2.45) is 4.99 Å². The van der Waals surface area contributed by atoms with E-state index in [0.717, 1.165) is 28.2 Å². The molecule has 0 saturated heterocycles. The number of allylic oxidation sites excluding steroid dienone is 1. The number of fused-ring (bicyclic) bond motifs is 1. The Morgan fingerprint density at radius 1 is 1.18 bits per heavy atom. The number of carbonyl (C=O) groups excluding carboxylic acids is 1. The molecule has 0 unspecified atom stereocenters. The van der Waals surface area contributed by atoms with E-state index < -0.39 is 5.91 Å². The number of hydrogen-bond donors (Lipinski definition) is 1. The smallest absolute Gasteiger partial charge is 0.282 e. The summed E-state index contributed by atoms with van der Waals surface area (Å²) in [6.07, 6.45) is 3.33. The van der Waals surface area contributed by atoms with Gasteiger partial charge < -0.3 is 9.40 Å². The van der Waals surface area contributed by atoms with Crippen LogP contribution in [0.3, 0.4) is 0 Å². The summed E-state index contributed by atoms with van der Waals surface area (Å²) in [7, 11) is 0. The Labute approximate surface area is 167 Å². The molecule has 2 aliphatic rings. The van der Waals surface area contributed by atoms with Gasteiger partial charge in [0.1, 0.15) is 5.76 Å². The van der Waals surface area contributed by atoms with Gasteiger partial charge in [0.2, 0.25) is 0 Å². The molecule has 1 aromatic carbocycles. The number of aromatic nitrogens is 1. The van der Waals surface area contributed by atoms with Crippen molar-refractivity contribution in [3.63, 3.8) is 0 Å². The highest BCUT2D eigenvalue weighted by molar-refractivity contribution is 6.32. The van der Waals surface area contributed by atoms with E-state index >= 15 is 0 Å². The van der Waals surface area contributed by atoms with Crippen molar-refractivity contribution >= 4 is 35.3 Å². The van der Waals surface area contributed by atoms with Crippen LogP contribution in [0.4, 0.5) is 0 Å². The van der Waals surface area contributed by atoms with Crippen molar-refractivity contribution in [2.45, 2.75) is 27.7 Å². The first-order valence-electron chi connectivity index (χ1n) is 8.82. The zero-order valence-corrected chi connectivity index (χ0v) is 16.8. The number of hydrogen-bond acceptors (Lipinski definition) is 3. The molecule has 4 rings (SSSR count). The van der Waals surface area contributed by atoms with Crippen LogP contribution in [0.25, 0.3) is 11.8 Å². The van der Waals surface area contributed by atoms with Gasteiger partial charge in [0, 0.05) is 28.2 Å². The number of aliphatic imine (C=N–C) groups is 1. The maximum Gasteiger partial charge on any atom is 0.282 e. The Bertz CT molecular complexity index is 1140. The number of carbonyl (C=O) groups is 1. The molecule has 0 bridgehead atoms. The Morgan fingerprint density at radius 2 is 1.93 bits per heavy atom. The lowest BCUT2D eigenvalue weighted by Gasteiger charge is -2.22. The predicted octanol–water partition coefficient (Wildman–Crippen LogP) is 4.51. The molecular weight excluding hydrogens is 376 g/mol. The lowest BCUT2D eigenvalue weighted by molar-refractivity contribution is -0.114. The maximum absolute atomic E-state index is 12.5. The Hall–Kier alpha value is -3.12. The zero-order chi connectivity index (χ0) is 20.2. The molecule has 142 valence electrons. The summed E-state index contributed by atoms with van der Waals surface area (Å²) in [4.78, 5) is 22.0. The highest BCUT2D eigenvalue weighted by atomic mass is 35.5. The number of rotatable bonds is 2. The van der Waals surface area contributed by atoms with E-state index in [9.17, 15) is 4.79 Å². The minimum atomic E-state index is -0.450.